The minimum absolute atomic E-state index is 0.0123. The second kappa shape index (κ2) is 13.7. The summed E-state index contributed by atoms with van der Waals surface area (Å²) in [5.74, 6) is 2.15. The molecule has 4 nitrogen and oxygen atoms in total. The van der Waals surface area contributed by atoms with Gasteiger partial charge in [-0.3, -0.25) is 0 Å². The number of aromatic hydroxyl groups is 4. The SMILES string of the molecule is CC(C)(c1cccc(C(C)(C)C2CCC(c3ccc(O)cc3)(c3ccc(O)cc3)CC2)c1)C1CCC(c2ccc(O)cc2)(c2ccc(O)cc2)CC1. The Balaban J connectivity index is 1.11. The number of hydrogen-bond donors (Lipinski definition) is 4. The van der Waals surface area contributed by atoms with Gasteiger partial charge in [0.1, 0.15) is 23.0 Å². The van der Waals surface area contributed by atoms with Crippen LogP contribution in [0.5, 0.6) is 23.0 Å². The predicted molar refractivity (Wildman–Crippen MR) is 210 cm³/mol. The molecule has 0 aliphatic heterocycles. The summed E-state index contributed by atoms with van der Waals surface area (Å²) < 4.78 is 0. The van der Waals surface area contributed by atoms with Crippen molar-refractivity contribution < 1.29 is 20.4 Å². The second-order valence-electron chi connectivity index (χ2n) is 16.9. The summed E-state index contributed by atoms with van der Waals surface area (Å²) >= 11 is 0. The van der Waals surface area contributed by atoms with Gasteiger partial charge in [-0.05, 0) is 156 Å². The maximum absolute atomic E-state index is 10.1. The first kappa shape index (κ1) is 35.7. The summed E-state index contributed by atoms with van der Waals surface area (Å²) in [6.45, 7) is 9.73. The Kier molecular flexibility index (Phi) is 9.40. The number of hydrogen-bond acceptors (Lipinski definition) is 4. The molecule has 5 aromatic rings. The highest BCUT2D eigenvalue weighted by Gasteiger charge is 2.45. The van der Waals surface area contributed by atoms with Crippen molar-refractivity contribution in [2.75, 3.05) is 0 Å². The number of benzene rings is 5. The van der Waals surface area contributed by atoms with Crippen molar-refractivity contribution in [3.8, 4) is 23.0 Å². The Morgan fingerprint density at radius 3 is 0.904 bits per heavy atom. The molecule has 0 spiro atoms. The normalized spacial score (nSPS) is 18.2. The molecular weight excluding hydrogens is 641 g/mol. The predicted octanol–water partition coefficient (Wildman–Crippen LogP) is 11.4. The van der Waals surface area contributed by atoms with Gasteiger partial charge in [0.25, 0.3) is 0 Å². The van der Waals surface area contributed by atoms with Crippen molar-refractivity contribution in [2.45, 2.75) is 101 Å². The van der Waals surface area contributed by atoms with Gasteiger partial charge in [-0.1, -0.05) is 100 Å². The lowest BCUT2D eigenvalue weighted by molar-refractivity contribution is 0.184. The van der Waals surface area contributed by atoms with Gasteiger partial charge in [0.2, 0.25) is 0 Å². The molecular formula is C48H54O4. The molecule has 0 saturated heterocycles. The summed E-state index contributed by atoms with van der Waals surface area (Å²) in [6, 6.07) is 40.4. The molecule has 0 atom stereocenters. The molecule has 0 radical (unpaired) electrons. The van der Waals surface area contributed by atoms with Crippen LogP contribution in [0.4, 0.5) is 0 Å². The van der Waals surface area contributed by atoms with Crippen LogP contribution in [0.15, 0.2) is 121 Å². The van der Waals surface area contributed by atoms with Crippen LogP contribution >= 0.6 is 0 Å². The third kappa shape index (κ3) is 6.46. The van der Waals surface area contributed by atoms with E-state index in [1.807, 2.05) is 0 Å². The van der Waals surface area contributed by atoms with Crippen molar-refractivity contribution in [2.24, 2.45) is 11.8 Å². The average molecular weight is 695 g/mol. The molecule has 2 aliphatic rings. The van der Waals surface area contributed by atoms with Gasteiger partial charge >= 0.3 is 0 Å². The third-order valence-electron chi connectivity index (χ3n) is 13.7. The standard InChI is InChI=1S/C48H54O4/c1-45(2,33-24-28-47(29-25-33,35-8-16-41(49)17-9-35)36-10-18-42(50)19-11-36)39-6-5-7-40(32-39)46(3,4)34-26-30-48(31-27-34,37-12-20-43(51)21-13-37)38-14-22-44(52)23-15-38/h5-23,32-34,49-52H,24-31H2,1-4H3. The van der Waals surface area contributed by atoms with E-state index in [1.165, 1.54) is 33.4 Å². The van der Waals surface area contributed by atoms with Crippen LogP contribution in [-0.2, 0) is 21.7 Å². The molecule has 0 heterocycles. The Bertz CT molecular complexity index is 1720. The van der Waals surface area contributed by atoms with E-state index in [4.69, 9.17) is 0 Å². The Morgan fingerprint density at radius 2 is 0.654 bits per heavy atom. The third-order valence-corrected chi connectivity index (χ3v) is 13.7. The van der Waals surface area contributed by atoms with E-state index in [0.29, 0.717) is 11.8 Å². The minimum Gasteiger partial charge on any atom is -0.508 e. The lowest BCUT2D eigenvalue weighted by Gasteiger charge is -2.47. The molecule has 5 aromatic carbocycles. The second-order valence-corrected chi connectivity index (χ2v) is 16.9. The molecule has 4 heteroatoms. The van der Waals surface area contributed by atoms with Crippen LogP contribution < -0.4 is 0 Å². The molecule has 0 aromatic heterocycles. The highest BCUT2D eigenvalue weighted by molar-refractivity contribution is 5.46. The Morgan fingerprint density at radius 1 is 0.404 bits per heavy atom. The highest BCUT2D eigenvalue weighted by atomic mass is 16.3. The van der Waals surface area contributed by atoms with Crippen molar-refractivity contribution >= 4 is 0 Å². The molecule has 0 unspecified atom stereocenters. The first-order valence-corrected chi connectivity index (χ1v) is 19.1. The van der Waals surface area contributed by atoms with E-state index >= 15 is 0 Å². The fourth-order valence-electron chi connectivity index (χ4n) is 10.1. The molecule has 2 aliphatic carbocycles. The topological polar surface area (TPSA) is 80.9 Å². The summed E-state index contributed by atoms with van der Waals surface area (Å²) in [5.41, 5.74) is 7.37. The first-order chi connectivity index (χ1) is 24.8. The Labute approximate surface area is 309 Å². The van der Waals surface area contributed by atoms with Gasteiger partial charge in [-0.2, -0.15) is 0 Å². The van der Waals surface area contributed by atoms with Gasteiger partial charge in [0.05, 0.1) is 0 Å². The maximum atomic E-state index is 10.1. The lowest BCUT2D eigenvalue weighted by Crippen LogP contribution is -2.40. The number of rotatable bonds is 8. The smallest absolute Gasteiger partial charge is 0.115 e. The monoisotopic (exact) mass is 694 g/mol. The first-order valence-electron chi connectivity index (χ1n) is 19.1. The zero-order valence-corrected chi connectivity index (χ0v) is 31.1. The van der Waals surface area contributed by atoms with E-state index in [-0.39, 0.29) is 44.7 Å². The molecule has 2 saturated carbocycles. The van der Waals surface area contributed by atoms with E-state index in [1.54, 1.807) is 48.5 Å². The van der Waals surface area contributed by atoms with Crippen LogP contribution in [0, 0.1) is 11.8 Å². The fraction of sp³-hybridized carbons (Fsp3) is 0.375. The van der Waals surface area contributed by atoms with Crippen LogP contribution in [0.1, 0.15) is 112 Å². The van der Waals surface area contributed by atoms with Crippen molar-refractivity contribution in [3.63, 3.8) is 0 Å². The summed E-state index contributed by atoms with van der Waals surface area (Å²) in [5, 5.41) is 40.3. The quantitative estimate of drug-likeness (QED) is 0.130. The zero-order chi connectivity index (χ0) is 36.7. The largest absolute Gasteiger partial charge is 0.508 e. The average Bonchev–Trinajstić information content (AvgIpc) is 3.16. The van der Waals surface area contributed by atoms with Gasteiger partial charge in [0, 0.05) is 10.8 Å². The van der Waals surface area contributed by atoms with Crippen molar-refractivity contribution in [3.05, 3.63) is 155 Å². The zero-order valence-electron chi connectivity index (χ0n) is 31.1. The molecule has 0 bridgehead atoms. The molecule has 7 rings (SSSR count). The lowest BCUT2D eigenvalue weighted by atomic mass is 9.57. The number of phenols is 4. The molecule has 2 fully saturated rings. The van der Waals surface area contributed by atoms with Crippen LogP contribution in [0.3, 0.4) is 0 Å². The van der Waals surface area contributed by atoms with E-state index in [2.05, 4.69) is 100 Å². The summed E-state index contributed by atoms with van der Waals surface area (Å²) in [6.07, 6.45) is 8.37. The van der Waals surface area contributed by atoms with Gasteiger partial charge in [-0.25, -0.2) is 0 Å². The fourth-order valence-corrected chi connectivity index (χ4v) is 10.1. The summed E-state index contributed by atoms with van der Waals surface area (Å²) in [4.78, 5) is 0. The van der Waals surface area contributed by atoms with Gasteiger partial charge < -0.3 is 20.4 Å². The molecule has 52 heavy (non-hydrogen) atoms. The van der Waals surface area contributed by atoms with Crippen molar-refractivity contribution in [1.29, 1.82) is 0 Å². The van der Waals surface area contributed by atoms with Crippen LogP contribution in [0.2, 0.25) is 0 Å². The highest BCUT2D eigenvalue weighted by Crippen LogP contribution is 2.54. The molecule has 270 valence electrons. The molecule has 4 N–H and O–H groups in total. The summed E-state index contributed by atoms with van der Waals surface area (Å²) in [7, 11) is 0. The van der Waals surface area contributed by atoms with E-state index in [0.717, 1.165) is 51.4 Å². The minimum atomic E-state index is -0.158. The van der Waals surface area contributed by atoms with Crippen LogP contribution in [0.25, 0.3) is 0 Å². The van der Waals surface area contributed by atoms with Crippen LogP contribution in [-0.4, -0.2) is 20.4 Å². The maximum Gasteiger partial charge on any atom is 0.115 e. The van der Waals surface area contributed by atoms with E-state index in [9.17, 15) is 20.4 Å². The Hall–Kier alpha value is -4.70. The molecule has 0 amide bonds. The number of phenolic OH excluding ortho intramolecular Hbond substituents is 4. The van der Waals surface area contributed by atoms with Gasteiger partial charge in [-0.15, -0.1) is 0 Å². The van der Waals surface area contributed by atoms with Crippen molar-refractivity contribution in [1.82, 2.24) is 0 Å². The van der Waals surface area contributed by atoms with Gasteiger partial charge in [0.15, 0.2) is 0 Å². The van der Waals surface area contributed by atoms with E-state index < -0.39 is 0 Å².